The summed E-state index contributed by atoms with van der Waals surface area (Å²) in [5.41, 5.74) is 7.08. The Morgan fingerprint density at radius 1 is 1.12 bits per heavy atom. The molecule has 5 aromatic rings. The number of hydrogen-bond donors (Lipinski definition) is 3. The molecule has 170 valence electrons. The summed E-state index contributed by atoms with van der Waals surface area (Å²) in [5.74, 6) is 0.575. The number of hydrogen-bond acceptors (Lipinski definition) is 6. The van der Waals surface area contributed by atoms with E-state index >= 15 is 0 Å². The largest absolute Gasteiger partial charge is 0.390 e. The number of para-hydroxylation sites is 1. The van der Waals surface area contributed by atoms with E-state index in [1.807, 2.05) is 48.5 Å². The first-order valence-electron chi connectivity index (χ1n) is 11.0. The molecule has 0 saturated heterocycles. The van der Waals surface area contributed by atoms with E-state index in [0.29, 0.717) is 40.8 Å². The number of aliphatic hydroxyl groups is 1. The van der Waals surface area contributed by atoms with E-state index in [9.17, 15) is 14.7 Å². The summed E-state index contributed by atoms with van der Waals surface area (Å²) >= 11 is 0. The van der Waals surface area contributed by atoms with Crippen molar-refractivity contribution in [2.45, 2.75) is 31.3 Å². The number of aromatic nitrogens is 5. The van der Waals surface area contributed by atoms with Crippen LogP contribution in [0.3, 0.4) is 0 Å². The average molecular weight is 454 g/mol. The third-order valence-corrected chi connectivity index (χ3v) is 6.57. The number of rotatable bonds is 3. The predicted molar refractivity (Wildman–Crippen MR) is 129 cm³/mol. The second kappa shape index (κ2) is 7.13. The number of anilines is 1. The molecule has 3 heterocycles. The molecule has 0 atom stereocenters. The minimum Gasteiger partial charge on any atom is -0.390 e. The smallest absolute Gasteiger partial charge is 0.348 e. The van der Waals surface area contributed by atoms with Crippen molar-refractivity contribution in [1.82, 2.24) is 24.1 Å². The summed E-state index contributed by atoms with van der Waals surface area (Å²) in [6.45, 7) is 1.77. The molecule has 0 amide bonds. The number of imidazole rings is 1. The number of nitrogens with two attached hydrogens (primary N) is 1. The molecule has 4 N–H and O–H groups in total. The lowest BCUT2D eigenvalue weighted by Gasteiger charge is -2.39. The lowest BCUT2D eigenvalue weighted by molar-refractivity contribution is -0.0336. The zero-order valence-electron chi connectivity index (χ0n) is 18.4. The molecule has 1 fully saturated rings. The lowest BCUT2D eigenvalue weighted by Crippen LogP contribution is -2.40. The molecule has 1 saturated carbocycles. The van der Waals surface area contributed by atoms with Crippen LogP contribution in [0.2, 0.25) is 0 Å². The van der Waals surface area contributed by atoms with Crippen LogP contribution in [0.1, 0.15) is 31.5 Å². The summed E-state index contributed by atoms with van der Waals surface area (Å²) in [6.07, 6.45) is 2.74. The molecular weight excluding hydrogens is 432 g/mol. The normalized spacial score (nSPS) is 20.0. The Morgan fingerprint density at radius 3 is 2.62 bits per heavy atom. The molecule has 34 heavy (non-hydrogen) atoms. The first kappa shape index (κ1) is 20.4. The van der Waals surface area contributed by atoms with E-state index in [1.165, 1.54) is 4.40 Å². The molecule has 9 nitrogen and oxygen atoms in total. The summed E-state index contributed by atoms with van der Waals surface area (Å²) in [6, 6.07) is 16.8. The Bertz CT molecular complexity index is 1690. The minimum absolute atomic E-state index is 0.0880. The van der Waals surface area contributed by atoms with Crippen LogP contribution in [-0.4, -0.2) is 34.9 Å². The molecule has 6 rings (SSSR count). The third-order valence-electron chi connectivity index (χ3n) is 6.57. The van der Waals surface area contributed by atoms with Gasteiger partial charge >= 0.3 is 5.69 Å². The highest BCUT2D eigenvalue weighted by Gasteiger charge is 2.42. The first-order chi connectivity index (χ1) is 16.3. The summed E-state index contributed by atoms with van der Waals surface area (Å²) in [7, 11) is 0. The van der Waals surface area contributed by atoms with Gasteiger partial charge in [0, 0.05) is 28.8 Å². The van der Waals surface area contributed by atoms with Gasteiger partial charge in [-0.1, -0.05) is 30.3 Å². The minimum atomic E-state index is -0.784. The van der Waals surface area contributed by atoms with E-state index in [2.05, 4.69) is 10.2 Å². The van der Waals surface area contributed by atoms with Gasteiger partial charge in [-0.3, -0.25) is 9.36 Å². The van der Waals surface area contributed by atoms with Crippen molar-refractivity contribution in [3.8, 4) is 16.9 Å². The van der Waals surface area contributed by atoms with Crippen LogP contribution in [-0.2, 0) is 0 Å². The fourth-order valence-electron chi connectivity index (χ4n) is 4.93. The highest BCUT2D eigenvalue weighted by atomic mass is 16.3. The number of benzene rings is 2. The molecule has 0 spiro atoms. The van der Waals surface area contributed by atoms with Crippen molar-refractivity contribution in [3.63, 3.8) is 0 Å². The summed E-state index contributed by atoms with van der Waals surface area (Å²) in [4.78, 5) is 30.8. The van der Waals surface area contributed by atoms with Gasteiger partial charge < -0.3 is 10.8 Å². The fourth-order valence-corrected chi connectivity index (χ4v) is 4.93. The topological polar surface area (TPSA) is 131 Å². The Kier molecular flexibility index (Phi) is 4.27. The molecule has 2 aromatic carbocycles. The quantitative estimate of drug-likeness (QED) is 0.384. The maximum Gasteiger partial charge on any atom is 0.348 e. The standard InChI is InChI=1S/C25H22N6O3/c1-25(34)12-16(13-25)22-27-19(20-21(26)28-29-24(33)31(20)22)15-8-7-14-9-10-30(23(32)18(14)11-15)17-5-3-2-4-6-17/h2-11,16,34H,12-13H2,1H3,(H2,26,28)(H,29,33). The van der Waals surface area contributed by atoms with E-state index in [-0.39, 0.29) is 17.3 Å². The molecule has 1 aliphatic carbocycles. The van der Waals surface area contributed by atoms with Crippen molar-refractivity contribution < 1.29 is 5.11 Å². The maximum absolute atomic E-state index is 13.4. The van der Waals surface area contributed by atoms with E-state index in [0.717, 1.165) is 11.1 Å². The van der Waals surface area contributed by atoms with Gasteiger partial charge in [-0.2, -0.15) is 5.10 Å². The van der Waals surface area contributed by atoms with Crippen LogP contribution in [0, 0.1) is 0 Å². The van der Waals surface area contributed by atoms with Crippen molar-refractivity contribution in [2.24, 2.45) is 0 Å². The zero-order valence-corrected chi connectivity index (χ0v) is 18.4. The molecule has 3 aromatic heterocycles. The van der Waals surface area contributed by atoms with Gasteiger partial charge in [0.1, 0.15) is 17.0 Å². The first-order valence-corrected chi connectivity index (χ1v) is 11.0. The van der Waals surface area contributed by atoms with Gasteiger partial charge in [-0.05, 0) is 49.4 Å². The van der Waals surface area contributed by atoms with Gasteiger partial charge in [0.05, 0.1) is 5.60 Å². The van der Waals surface area contributed by atoms with E-state index in [1.54, 1.807) is 23.8 Å². The highest BCUT2D eigenvalue weighted by molar-refractivity contribution is 5.91. The second-order valence-corrected chi connectivity index (χ2v) is 9.15. The van der Waals surface area contributed by atoms with Crippen LogP contribution in [0.4, 0.5) is 5.82 Å². The molecule has 0 bridgehead atoms. The molecule has 1 aliphatic rings. The molecule has 9 heteroatoms. The Hall–Kier alpha value is -4.24. The van der Waals surface area contributed by atoms with Gasteiger partial charge in [0.2, 0.25) is 0 Å². The Morgan fingerprint density at radius 2 is 1.88 bits per heavy atom. The van der Waals surface area contributed by atoms with Gasteiger partial charge in [0.25, 0.3) is 5.56 Å². The number of aromatic amines is 1. The van der Waals surface area contributed by atoms with Gasteiger partial charge in [-0.15, -0.1) is 0 Å². The summed E-state index contributed by atoms with van der Waals surface area (Å²) in [5, 5.41) is 17.9. The van der Waals surface area contributed by atoms with Gasteiger partial charge in [-0.25, -0.2) is 19.3 Å². The number of nitrogens with one attached hydrogen (secondary N) is 1. The van der Waals surface area contributed by atoms with Crippen molar-refractivity contribution in [2.75, 3.05) is 5.73 Å². The molecular formula is C25H22N6O3. The number of nitrogens with zero attached hydrogens (tertiary/aromatic N) is 4. The van der Waals surface area contributed by atoms with Crippen LogP contribution in [0.5, 0.6) is 0 Å². The van der Waals surface area contributed by atoms with Crippen LogP contribution < -0.4 is 17.0 Å². The molecule has 0 radical (unpaired) electrons. The molecule has 0 aliphatic heterocycles. The number of pyridine rings is 1. The van der Waals surface area contributed by atoms with Gasteiger partial charge in [0.15, 0.2) is 5.82 Å². The van der Waals surface area contributed by atoms with Crippen molar-refractivity contribution in [3.05, 3.63) is 87.5 Å². The highest BCUT2D eigenvalue weighted by Crippen LogP contribution is 2.45. The summed E-state index contributed by atoms with van der Waals surface area (Å²) < 4.78 is 3.04. The maximum atomic E-state index is 13.4. The van der Waals surface area contributed by atoms with Crippen LogP contribution in [0.15, 0.2) is 70.4 Å². The van der Waals surface area contributed by atoms with E-state index in [4.69, 9.17) is 10.7 Å². The lowest BCUT2D eigenvalue weighted by atomic mass is 9.72. The van der Waals surface area contributed by atoms with Crippen LogP contribution >= 0.6 is 0 Å². The predicted octanol–water partition coefficient (Wildman–Crippen LogP) is 2.60. The number of H-pyrrole nitrogens is 1. The number of nitrogen functional groups attached to an aromatic ring is 1. The van der Waals surface area contributed by atoms with E-state index < -0.39 is 11.3 Å². The second-order valence-electron chi connectivity index (χ2n) is 9.15. The van der Waals surface area contributed by atoms with Crippen LogP contribution in [0.25, 0.3) is 33.2 Å². The average Bonchev–Trinajstić information content (AvgIpc) is 3.22. The Labute approximate surface area is 193 Å². The Balaban J connectivity index is 1.57. The van der Waals surface area contributed by atoms with Crippen molar-refractivity contribution >= 4 is 22.1 Å². The molecule has 0 unspecified atom stereocenters. The monoisotopic (exact) mass is 454 g/mol. The number of fused-ring (bicyclic) bond motifs is 2. The van der Waals surface area contributed by atoms with Crippen molar-refractivity contribution in [1.29, 1.82) is 0 Å². The fraction of sp³-hybridized carbons (Fsp3) is 0.200. The zero-order chi connectivity index (χ0) is 23.6. The third kappa shape index (κ3) is 3.05. The SMILES string of the molecule is CC1(O)CC(c2nc(-c3ccc4ccn(-c5ccccc5)c(=O)c4c3)c3c(N)n[nH]c(=O)n23)C1.